The largest absolute Gasteiger partial charge is 0.465 e. The number of nitrogens with zero attached hydrogens (tertiary/aromatic N) is 2. The number of carbonyl (C=O) groups is 1. The molecule has 10 heteroatoms. The van der Waals surface area contributed by atoms with Gasteiger partial charge in [0.1, 0.15) is 5.82 Å². The smallest absolute Gasteiger partial charge is 0.337 e. The Morgan fingerprint density at radius 1 is 0.811 bits per heavy atom. The molecule has 1 aliphatic heterocycles. The maximum atomic E-state index is 14.3. The molecule has 188 valence electrons. The number of anilines is 1. The average Bonchev–Trinajstić information content (AvgIpc) is 3.26. The number of hydrogen-bond donors (Lipinski definition) is 0. The summed E-state index contributed by atoms with van der Waals surface area (Å²) in [5, 5.41) is 0.995. The van der Waals surface area contributed by atoms with E-state index in [9.17, 15) is 18.0 Å². The summed E-state index contributed by atoms with van der Waals surface area (Å²) in [4.78, 5) is 25.2. The van der Waals surface area contributed by atoms with Crippen LogP contribution in [0.4, 0.5) is 5.82 Å². The minimum absolute atomic E-state index is 0.0884. The summed E-state index contributed by atoms with van der Waals surface area (Å²) >= 11 is 12.3. The first-order valence-corrected chi connectivity index (χ1v) is 13.4. The number of carbonyl (C=O) groups excluding carboxylic acids is 1. The van der Waals surface area contributed by atoms with Crippen molar-refractivity contribution >= 4 is 45.0 Å². The predicted molar refractivity (Wildman–Crippen MR) is 142 cm³/mol. The number of ether oxygens (including phenoxy) is 1. The Hall–Kier alpha value is -3.59. The third-order valence-electron chi connectivity index (χ3n) is 6.26. The van der Waals surface area contributed by atoms with E-state index in [1.807, 2.05) is 0 Å². The van der Waals surface area contributed by atoms with Crippen molar-refractivity contribution in [3.8, 4) is 0 Å². The summed E-state index contributed by atoms with van der Waals surface area (Å²) in [7, 11) is -3.06. The van der Waals surface area contributed by atoms with E-state index in [0.717, 1.165) is 0 Å². The van der Waals surface area contributed by atoms with E-state index in [1.165, 1.54) is 52.4 Å². The topological polar surface area (TPSA) is 85.7 Å². The first-order chi connectivity index (χ1) is 17.7. The standard InChI is InChI=1S/C27H20Cl2N2O5S/c1-36-27(33)19-4-2-5-22(16-19)37(34,35)31-23-6-3-7-24(32)30(23)25(17-8-12-20(28)13-9-17)26(31)18-10-14-21(29)15-11-18/h2-16,25-26H,1H3/t25-,26+/m1/s1. The van der Waals surface area contributed by atoms with Crippen LogP contribution in [-0.4, -0.2) is 26.1 Å². The summed E-state index contributed by atoms with van der Waals surface area (Å²) in [5.74, 6) is -0.473. The van der Waals surface area contributed by atoms with Gasteiger partial charge < -0.3 is 4.74 Å². The van der Waals surface area contributed by atoms with Gasteiger partial charge in [-0.1, -0.05) is 59.6 Å². The number of halogens is 2. The molecule has 0 aliphatic carbocycles. The predicted octanol–water partition coefficient (Wildman–Crippen LogP) is 5.48. The van der Waals surface area contributed by atoms with Crippen LogP contribution in [0.3, 0.4) is 0 Å². The van der Waals surface area contributed by atoms with E-state index in [4.69, 9.17) is 27.9 Å². The van der Waals surface area contributed by atoms with Crippen LogP contribution >= 0.6 is 23.2 Å². The van der Waals surface area contributed by atoms with Gasteiger partial charge in [-0.2, -0.15) is 0 Å². The van der Waals surface area contributed by atoms with Crippen LogP contribution in [0.5, 0.6) is 0 Å². The molecule has 5 rings (SSSR count). The zero-order chi connectivity index (χ0) is 26.3. The zero-order valence-electron chi connectivity index (χ0n) is 19.4. The van der Waals surface area contributed by atoms with E-state index < -0.39 is 28.1 Å². The Labute approximate surface area is 223 Å². The Bertz CT molecular complexity index is 1650. The number of benzene rings is 3. The molecule has 0 amide bonds. The maximum Gasteiger partial charge on any atom is 0.337 e. The summed E-state index contributed by atoms with van der Waals surface area (Å²) in [6.45, 7) is 0. The molecule has 1 aliphatic rings. The Balaban J connectivity index is 1.78. The van der Waals surface area contributed by atoms with Crippen molar-refractivity contribution in [2.24, 2.45) is 0 Å². The lowest BCUT2D eigenvalue weighted by molar-refractivity contribution is 0.0600. The van der Waals surface area contributed by atoms with Crippen molar-refractivity contribution in [1.29, 1.82) is 0 Å². The monoisotopic (exact) mass is 554 g/mol. The van der Waals surface area contributed by atoms with Crippen LogP contribution in [0.1, 0.15) is 33.6 Å². The highest BCUT2D eigenvalue weighted by Gasteiger charge is 2.47. The van der Waals surface area contributed by atoms with E-state index in [1.54, 1.807) is 54.6 Å². The average molecular weight is 555 g/mol. The fraction of sp³-hybridized carbons (Fsp3) is 0.111. The number of pyridine rings is 1. The lowest BCUT2D eigenvalue weighted by Gasteiger charge is -2.29. The molecule has 37 heavy (non-hydrogen) atoms. The summed E-state index contributed by atoms with van der Waals surface area (Å²) in [6.07, 6.45) is 0. The highest BCUT2D eigenvalue weighted by molar-refractivity contribution is 7.92. The van der Waals surface area contributed by atoms with Crippen molar-refractivity contribution in [3.05, 3.63) is 128 Å². The fourth-order valence-corrected chi connectivity index (χ4v) is 6.55. The van der Waals surface area contributed by atoms with Crippen molar-refractivity contribution in [2.75, 3.05) is 11.4 Å². The lowest BCUT2D eigenvalue weighted by Crippen LogP contribution is -2.34. The molecule has 0 spiro atoms. The molecule has 1 aromatic heterocycles. The van der Waals surface area contributed by atoms with Crippen LogP contribution in [0.15, 0.2) is 101 Å². The van der Waals surface area contributed by atoms with Gasteiger partial charge in [0, 0.05) is 16.1 Å². The molecule has 4 aromatic rings. The number of aromatic nitrogens is 1. The van der Waals surface area contributed by atoms with Gasteiger partial charge >= 0.3 is 5.97 Å². The lowest BCUT2D eigenvalue weighted by atomic mass is 9.94. The van der Waals surface area contributed by atoms with Gasteiger partial charge in [0.05, 0.1) is 29.7 Å². The van der Waals surface area contributed by atoms with Gasteiger partial charge in [-0.3, -0.25) is 9.36 Å². The molecule has 0 saturated carbocycles. The van der Waals surface area contributed by atoms with E-state index in [-0.39, 0.29) is 21.8 Å². The molecule has 7 nitrogen and oxygen atoms in total. The SMILES string of the molecule is COC(=O)c1cccc(S(=O)(=O)N2c3cccc(=O)n3[C@H](c3ccc(Cl)cc3)[C@@H]2c2ccc(Cl)cc2)c1. The third-order valence-corrected chi connectivity index (χ3v) is 8.54. The summed E-state index contributed by atoms with van der Waals surface area (Å²) < 4.78 is 36.0. The molecule has 2 heterocycles. The van der Waals surface area contributed by atoms with Gasteiger partial charge in [0.15, 0.2) is 0 Å². The first kappa shape index (κ1) is 25.1. The molecule has 0 saturated heterocycles. The van der Waals surface area contributed by atoms with E-state index in [0.29, 0.717) is 21.2 Å². The number of sulfonamides is 1. The molecule has 0 fully saturated rings. The van der Waals surface area contributed by atoms with Crippen molar-refractivity contribution in [2.45, 2.75) is 17.0 Å². The minimum atomic E-state index is -4.28. The molecule has 2 atom stereocenters. The highest BCUT2D eigenvalue weighted by atomic mass is 35.5. The Morgan fingerprint density at radius 2 is 1.38 bits per heavy atom. The molecule has 0 bridgehead atoms. The number of hydrogen-bond acceptors (Lipinski definition) is 5. The zero-order valence-corrected chi connectivity index (χ0v) is 21.7. The van der Waals surface area contributed by atoms with Gasteiger partial charge in [0.2, 0.25) is 0 Å². The van der Waals surface area contributed by atoms with Crippen LogP contribution in [-0.2, 0) is 14.8 Å². The van der Waals surface area contributed by atoms with Crippen molar-refractivity contribution in [3.63, 3.8) is 0 Å². The second-order valence-electron chi connectivity index (χ2n) is 8.41. The highest BCUT2D eigenvalue weighted by Crippen LogP contribution is 2.49. The molecule has 0 N–H and O–H groups in total. The molecule has 3 aromatic carbocycles. The van der Waals surface area contributed by atoms with Gasteiger partial charge in [-0.25, -0.2) is 17.5 Å². The van der Waals surface area contributed by atoms with E-state index in [2.05, 4.69) is 0 Å². The fourth-order valence-electron chi connectivity index (χ4n) is 4.62. The molecule has 0 radical (unpaired) electrons. The Kier molecular flexibility index (Phi) is 6.58. The van der Waals surface area contributed by atoms with Gasteiger partial charge in [-0.05, 0) is 59.7 Å². The second kappa shape index (κ2) is 9.70. The normalized spacial score (nSPS) is 16.9. The van der Waals surface area contributed by atoms with Gasteiger partial charge in [0.25, 0.3) is 15.6 Å². The van der Waals surface area contributed by atoms with Crippen LogP contribution in [0.25, 0.3) is 0 Å². The number of methoxy groups -OCH3 is 1. The minimum Gasteiger partial charge on any atom is -0.465 e. The number of fused-ring (bicyclic) bond motifs is 1. The van der Waals surface area contributed by atoms with Crippen molar-refractivity contribution in [1.82, 2.24) is 4.57 Å². The number of esters is 1. The van der Waals surface area contributed by atoms with Crippen molar-refractivity contribution < 1.29 is 17.9 Å². The maximum absolute atomic E-state index is 14.3. The number of rotatable bonds is 5. The summed E-state index contributed by atoms with van der Waals surface area (Å²) in [5.41, 5.74) is 1.04. The van der Waals surface area contributed by atoms with Gasteiger partial charge in [-0.15, -0.1) is 0 Å². The second-order valence-corrected chi connectivity index (χ2v) is 11.1. The Morgan fingerprint density at radius 3 is 1.97 bits per heavy atom. The quantitative estimate of drug-likeness (QED) is 0.305. The van der Waals surface area contributed by atoms with Crippen LogP contribution in [0.2, 0.25) is 10.0 Å². The van der Waals surface area contributed by atoms with Crippen LogP contribution in [0, 0.1) is 0 Å². The first-order valence-electron chi connectivity index (χ1n) is 11.2. The molecular weight excluding hydrogens is 535 g/mol. The summed E-state index contributed by atoms with van der Waals surface area (Å²) in [6, 6.07) is 22.3. The molecular formula is C27H20Cl2N2O5S. The van der Waals surface area contributed by atoms with E-state index >= 15 is 0 Å². The third kappa shape index (κ3) is 4.41. The molecule has 0 unspecified atom stereocenters. The van der Waals surface area contributed by atoms with Crippen LogP contribution < -0.4 is 9.86 Å².